The monoisotopic (exact) mass is 146 g/mol. The molecule has 1 heterocycles. The highest BCUT2D eigenvalue weighted by Gasteiger charge is 1.82. The molecule has 0 atom stereocenters. The van der Waals surface area contributed by atoms with Crippen molar-refractivity contribution in [2.24, 2.45) is 0 Å². The Morgan fingerprint density at radius 2 is 2.45 bits per heavy atom. The van der Waals surface area contributed by atoms with Gasteiger partial charge in [0.15, 0.2) is 0 Å². The average Bonchev–Trinajstić information content (AvgIpc) is 2.07. The molecule has 11 heavy (non-hydrogen) atoms. The number of hydrogen-bond acceptors (Lipinski definition) is 3. The van der Waals surface area contributed by atoms with Crippen LogP contribution in [0.5, 0.6) is 0 Å². The second kappa shape index (κ2) is 4.18. The number of carbonyl (C=O) groups is 1. The molecule has 0 fully saturated rings. The van der Waals surface area contributed by atoms with Gasteiger partial charge in [0.1, 0.15) is 12.0 Å². The fourth-order valence-electron chi connectivity index (χ4n) is 0.547. The summed E-state index contributed by atoms with van der Waals surface area (Å²) in [5.74, 6) is 5.32. The van der Waals surface area contributed by atoms with E-state index in [0.717, 1.165) is 6.29 Å². The maximum Gasteiger partial charge on any atom is 0.131 e. The Balaban J connectivity index is 2.66. The lowest BCUT2D eigenvalue weighted by molar-refractivity contribution is -0.107. The summed E-state index contributed by atoms with van der Waals surface area (Å²) in [6, 6.07) is 0. The predicted molar refractivity (Wildman–Crippen MR) is 39.6 cm³/mol. The summed E-state index contributed by atoms with van der Waals surface area (Å²) < 4.78 is 0. The van der Waals surface area contributed by atoms with E-state index in [-0.39, 0.29) is 6.42 Å². The second-order valence-corrected chi connectivity index (χ2v) is 1.76. The fourth-order valence-corrected chi connectivity index (χ4v) is 0.547. The van der Waals surface area contributed by atoms with E-state index in [1.807, 2.05) is 0 Å². The molecule has 1 rings (SSSR count). The molecule has 0 N–H and O–H groups in total. The average molecular weight is 146 g/mol. The molecule has 0 saturated heterocycles. The Bertz CT molecular complexity index is 284. The summed E-state index contributed by atoms with van der Waals surface area (Å²) in [7, 11) is 0. The van der Waals surface area contributed by atoms with Crippen molar-refractivity contribution in [3.8, 4) is 11.8 Å². The van der Waals surface area contributed by atoms with Crippen LogP contribution < -0.4 is 0 Å². The summed E-state index contributed by atoms with van der Waals surface area (Å²) >= 11 is 0. The van der Waals surface area contributed by atoms with Gasteiger partial charge in [-0.25, -0.2) is 4.98 Å². The summed E-state index contributed by atoms with van der Waals surface area (Å²) in [6.45, 7) is 0. The first-order valence-corrected chi connectivity index (χ1v) is 3.12. The van der Waals surface area contributed by atoms with Crippen LogP contribution in [0.25, 0.3) is 0 Å². The van der Waals surface area contributed by atoms with Crippen molar-refractivity contribution < 1.29 is 4.79 Å². The van der Waals surface area contributed by atoms with Crippen LogP contribution in [-0.4, -0.2) is 16.3 Å². The van der Waals surface area contributed by atoms with Crippen LogP contribution in [0.2, 0.25) is 0 Å². The molecule has 1 aromatic rings. The Morgan fingerprint density at radius 3 is 3.09 bits per heavy atom. The number of carbonyl (C=O) groups excluding carboxylic acids is 1. The van der Waals surface area contributed by atoms with Gasteiger partial charge in [-0.15, -0.1) is 0 Å². The molecule has 0 aliphatic heterocycles. The zero-order valence-electron chi connectivity index (χ0n) is 5.82. The molecule has 0 radical (unpaired) electrons. The van der Waals surface area contributed by atoms with Crippen molar-refractivity contribution >= 4 is 6.29 Å². The summed E-state index contributed by atoms with van der Waals surface area (Å²) in [4.78, 5) is 17.6. The Kier molecular flexibility index (Phi) is 2.82. The zero-order valence-corrected chi connectivity index (χ0v) is 5.82. The molecule has 3 heteroatoms. The van der Waals surface area contributed by atoms with Gasteiger partial charge in [0, 0.05) is 12.4 Å². The van der Waals surface area contributed by atoms with Crippen molar-refractivity contribution in [1.29, 1.82) is 0 Å². The molecule has 1 aromatic heterocycles. The molecule has 0 unspecified atom stereocenters. The molecule has 54 valence electrons. The summed E-state index contributed by atoms with van der Waals surface area (Å²) in [6.07, 6.45) is 5.69. The van der Waals surface area contributed by atoms with E-state index in [1.54, 1.807) is 18.6 Å². The van der Waals surface area contributed by atoms with Gasteiger partial charge in [-0.05, 0) is 5.92 Å². The maximum absolute atomic E-state index is 9.86. The van der Waals surface area contributed by atoms with E-state index >= 15 is 0 Å². The van der Waals surface area contributed by atoms with Gasteiger partial charge >= 0.3 is 0 Å². The molecule has 0 spiro atoms. The van der Waals surface area contributed by atoms with Crippen molar-refractivity contribution in [2.45, 2.75) is 6.42 Å². The fraction of sp³-hybridized carbons (Fsp3) is 0.125. The number of aromatic nitrogens is 2. The largest absolute Gasteiger partial charge is 0.302 e. The van der Waals surface area contributed by atoms with Gasteiger partial charge in [-0.1, -0.05) is 5.92 Å². The van der Waals surface area contributed by atoms with E-state index < -0.39 is 0 Å². The normalized spacial score (nSPS) is 8.00. The zero-order chi connectivity index (χ0) is 7.94. The SMILES string of the molecule is O=CCC#Cc1cnccn1. The van der Waals surface area contributed by atoms with Crippen LogP contribution in [0.4, 0.5) is 0 Å². The van der Waals surface area contributed by atoms with Crippen LogP contribution in [0.1, 0.15) is 12.1 Å². The minimum atomic E-state index is 0.247. The standard InChI is InChI=1S/C8H6N2O/c11-6-2-1-3-8-7-9-4-5-10-8/h4-7H,2H2. The van der Waals surface area contributed by atoms with E-state index in [2.05, 4.69) is 21.8 Å². The second-order valence-electron chi connectivity index (χ2n) is 1.76. The minimum absolute atomic E-state index is 0.247. The number of hydrogen-bond donors (Lipinski definition) is 0. The van der Waals surface area contributed by atoms with Crippen LogP contribution in [-0.2, 0) is 4.79 Å². The minimum Gasteiger partial charge on any atom is -0.302 e. The maximum atomic E-state index is 9.86. The van der Waals surface area contributed by atoms with E-state index in [9.17, 15) is 4.79 Å². The van der Waals surface area contributed by atoms with Gasteiger partial charge in [0.25, 0.3) is 0 Å². The lowest BCUT2D eigenvalue weighted by atomic mass is 10.4. The van der Waals surface area contributed by atoms with Crippen molar-refractivity contribution in [1.82, 2.24) is 9.97 Å². The van der Waals surface area contributed by atoms with Gasteiger partial charge < -0.3 is 4.79 Å². The lowest BCUT2D eigenvalue weighted by Gasteiger charge is -1.83. The van der Waals surface area contributed by atoms with Crippen molar-refractivity contribution in [3.63, 3.8) is 0 Å². The molecule has 0 amide bonds. The number of rotatable bonds is 1. The third-order valence-corrected chi connectivity index (χ3v) is 0.965. The molecule has 0 aromatic carbocycles. The predicted octanol–water partition coefficient (Wildman–Crippen LogP) is 0.417. The quantitative estimate of drug-likeness (QED) is 0.426. The first-order chi connectivity index (χ1) is 5.43. The van der Waals surface area contributed by atoms with Crippen LogP contribution >= 0.6 is 0 Å². The highest BCUT2D eigenvalue weighted by Crippen LogP contribution is 1.84. The van der Waals surface area contributed by atoms with Crippen LogP contribution in [0, 0.1) is 11.8 Å². The third kappa shape index (κ3) is 2.59. The van der Waals surface area contributed by atoms with Crippen molar-refractivity contribution in [3.05, 3.63) is 24.3 Å². The van der Waals surface area contributed by atoms with Crippen LogP contribution in [0.15, 0.2) is 18.6 Å². The number of nitrogens with zero attached hydrogens (tertiary/aromatic N) is 2. The highest BCUT2D eigenvalue weighted by atomic mass is 16.1. The third-order valence-electron chi connectivity index (χ3n) is 0.965. The van der Waals surface area contributed by atoms with Gasteiger partial charge in [0.05, 0.1) is 12.6 Å². The Hall–Kier alpha value is -1.69. The van der Waals surface area contributed by atoms with Crippen LogP contribution in [0.3, 0.4) is 0 Å². The molecule has 3 nitrogen and oxygen atoms in total. The van der Waals surface area contributed by atoms with Gasteiger partial charge in [0.2, 0.25) is 0 Å². The van der Waals surface area contributed by atoms with E-state index in [1.165, 1.54) is 0 Å². The van der Waals surface area contributed by atoms with Gasteiger partial charge in [-0.3, -0.25) is 4.98 Å². The molecule has 0 bridgehead atoms. The molecular formula is C8H6N2O. The molecule has 0 aliphatic carbocycles. The lowest BCUT2D eigenvalue weighted by Crippen LogP contribution is -1.81. The molecular weight excluding hydrogens is 140 g/mol. The highest BCUT2D eigenvalue weighted by molar-refractivity contribution is 5.54. The first kappa shape index (κ1) is 7.42. The van der Waals surface area contributed by atoms with Gasteiger partial charge in [-0.2, -0.15) is 0 Å². The van der Waals surface area contributed by atoms with E-state index in [4.69, 9.17) is 0 Å². The van der Waals surface area contributed by atoms with E-state index in [0.29, 0.717) is 5.69 Å². The topological polar surface area (TPSA) is 42.9 Å². The Labute approximate surface area is 64.5 Å². The summed E-state index contributed by atoms with van der Waals surface area (Å²) in [5.41, 5.74) is 0.592. The Morgan fingerprint density at radius 1 is 1.55 bits per heavy atom. The van der Waals surface area contributed by atoms with Crippen molar-refractivity contribution in [2.75, 3.05) is 0 Å². The first-order valence-electron chi connectivity index (χ1n) is 3.12. The smallest absolute Gasteiger partial charge is 0.131 e. The molecule has 0 saturated carbocycles. The molecule has 0 aliphatic rings. The number of aldehydes is 1. The summed E-state index contributed by atoms with van der Waals surface area (Å²) in [5, 5.41) is 0.